The van der Waals surface area contributed by atoms with E-state index >= 15 is 0 Å². The predicted octanol–water partition coefficient (Wildman–Crippen LogP) is 9.01. The third-order valence-corrected chi connectivity index (χ3v) is 8.42. The molecule has 0 bridgehead atoms. The summed E-state index contributed by atoms with van der Waals surface area (Å²) in [5.41, 5.74) is 4.92. The topological polar surface area (TPSA) is 32.3 Å². The van der Waals surface area contributed by atoms with Gasteiger partial charge in [0.25, 0.3) is 5.91 Å². The van der Waals surface area contributed by atoms with Gasteiger partial charge in [0, 0.05) is 53.0 Å². The fraction of sp³-hybridized carbons (Fsp3) is 0.139. The highest BCUT2D eigenvalue weighted by atomic mass is 35.5. The van der Waals surface area contributed by atoms with Crippen molar-refractivity contribution in [2.24, 2.45) is 0 Å². The van der Waals surface area contributed by atoms with Crippen molar-refractivity contribution >= 4 is 29.3 Å². The summed E-state index contributed by atoms with van der Waals surface area (Å²) < 4.78 is 27.8. The van der Waals surface area contributed by atoms with E-state index in [-0.39, 0.29) is 17.5 Å². The summed E-state index contributed by atoms with van der Waals surface area (Å²) in [6, 6.07) is 36.6. The molecule has 1 amide bonds. The van der Waals surface area contributed by atoms with Crippen LogP contribution in [0.5, 0.6) is 0 Å². The van der Waals surface area contributed by atoms with Crippen LogP contribution in [0.4, 0.5) is 8.78 Å². The lowest BCUT2D eigenvalue weighted by molar-refractivity contribution is 0.0951. The summed E-state index contributed by atoms with van der Waals surface area (Å²) in [4.78, 5) is 16.1. The van der Waals surface area contributed by atoms with E-state index in [0.717, 1.165) is 34.6 Å². The van der Waals surface area contributed by atoms with E-state index in [1.807, 2.05) is 54.6 Å². The van der Waals surface area contributed by atoms with Gasteiger partial charge in [-0.1, -0.05) is 84.4 Å². The van der Waals surface area contributed by atoms with Crippen molar-refractivity contribution in [1.29, 1.82) is 0 Å². The Kier molecular flexibility index (Phi) is 10.6. The number of benzene rings is 5. The van der Waals surface area contributed by atoms with Crippen LogP contribution in [0.2, 0.25) is 5.02 Å². The van der Waals surface area contributed by atoms with Gasteiger partial charge in [0.1, 0.15) is 11.6 Å². The molecule has 0 saturated heterocycles. The number of thioether (sulfide) groups is 1. The molecule has 0 heterocycles. The Labute approximate surface area is 260 Å². The van der Waals surface area contributed by atoms with Crippen molar-refractivity contribution in [3.8, 4) is 11.1 Å². The minimum absolute atomic E-state index is 0.168. The molecule has 0 atom stereocenters. The predicted molar refractivity (Wildman–Crippen MR) is 172 cm³/mol. The molecule has 0 aliphatic heterocycles. The van der Waals surface area contributed by atoms with Crippen LogP contribution in [0.3, 0.4) is 0 Å². The quantitative estimate of drug-likeness (QED) is 0.143. The Hall–Kier alpha value is -3.97. The minimum Gasteiger partial charge on any atom is -0.348 e. The molecule has 43 heavy (non-hydrogen) atoms. The van der Waals surface area contributed by atoms with Crippen LogP contribution in [-0.4, -0.2) is 23.1 Å². The summed E-state index contributed by atoms with van der Waals surface area (Å²) in [6.07, 6.45) is 0. The normalized spacial score (nSPS) is 11.1. The fourth-order valence-corrected chi connectivity index (χ4v) is 5.85. The SMILES string of the molecule is O=C(NCc1ccc(CN(CCSc2ccccc2)Cc2c(F)cccc2Cl)cc1)c1ccc(-c2ccc(F)cc2)cc1. The maximum atomic E-state index is 14.6. The van der Waals surface area contributed by atoms with Crippen molar-refractivity contribution < 1.29 is 13.6 Å². The molecule has 0 aliphatic rings. The summed E-state index contributed by atoms with van der Waals surface area (Å²) >= 11 is 8.12. The van der Waals surface area contributed by atoms with Crippen molar-refractivity contribution in [3.05, 3.63) is 160 Å². The second-order valence-electron chi connectivity index (χ2n) is 10.2. The molecule has 0 fully saturated rings. The first-order chi connectivity index (χ1) is 20.9. The monoisotopic (exact) mass is 612 g/mol. The maximum Gasteiger partial charge on any atom is 0.251 e. The zero-order valence-corrected chi connectivity index (χ0v) is 25.1. The largest absolute Gasteiger partial charge is 0.348 e. The van der Waals surface area contributed by atoms with Crippen LogP contribution >= 0.6 is 23.4 Å². The Morgan fingerprint density at radius 2 is 1.37 bits per heavy atom. The summed E-state index contributed by atoms with van der Waals surface area (Å²) in [5.74, 6) is 0.101. The van der Waals surface area contributed by atoms with Gasteiger partial charge in [0.05, 0.1) is 0 Å². The third-order valence-electron chi connectivity index (χ3n) is 7.07. The Morgan fingerprint density at radius 1 is 0.721 bits per heavy atom. The molecule has 0 radical (unpaired) electrons. The lowest BCUT2D eigenvalue weighted by Crippen LogP contribution is -2.26. The van der Waals surface area contributed by atoms with Crippen LogP contribution < -0.4 is 5.32 Å². The highest BCUT2D eigenvalue weighted by Gasteiger charge is 2.14. The molecule has 5 aromatic carbocycles. The second kappa shape index (κ2) is 15.0. The van der Waals surface area contributed by atoms with Crippen LogP contribution in [0.15, 0.2) is 126 Å². The second-order valence-corrected chi connectivity index (χ2v) is 11.7. The summed E-state index contributed by atoms with van der Waals surface area (Å²) in [6.45, 7) is 2.18. The van der Waals surface area contributed by atoms with E-state index in [2.05, 4.69) is 22.3 Å². The molecule has 0 aromatic heterocycles. The first-order valence-electron chi connectivity index (χ1n) is 14.0. The van der Waals surface area contributed by atoms with Crippen molar-refractivity contribution in [2.45, 2.75) is 24.5 Å². The molecule has 0 aliphatic carbocycles. The molecule has 0 unspecified atom stereocenters. The molecule has 0 spiro atoms. The van der Waals surface area contributed by atoms with E-state index in [1.165, 1.54) is 23.1 Å². The molecular weight excluding hydrogens is 582 g/mol. The fourth-order valence-electron chi connectivity index (χ4n) is 4.69. The van der Waals surface area contributed by atoms with Gasteiger partial charge in [-0.05, 0) is 70.8 Å². The molecule has 5 aromatic rings. The molecule has 5 rings (SSSR count). The number of nitrogens with zero attached hydrogens (tertiary/aromatic N) is 1. The van der Waals surface area contributed by atoms with E-state index in [0.29, 0.717) is 35.8 Å². The van der Waals surface area contributed by atoms with Gasteiger partial charge in [0.15, 0.2) is 0 Å². The zero-order chi connectivity index (χ0) is 30.0. The zero-order valence-electron chi connectivity index (χ0n) is 23.5. The first-order valence-corrected chi connectivity index (χ1v) is 15.4. The maximum absolute atomic E-state index is 14.6. The van der Waals surface area contributed by atoms with Crippen LogP contribution in [0.25, 0.3) is 11.1 Å². The standard InChI is InChI=1S/C36H31ClF2N2OS/c37-34-7-4-8-35(39)33(34)25-41(21-22-43-32-5-2-1-3-6-32)24-27-11-9-26(10-12-27)23-40-36(42)30-15-13-28(14-16-30)29-17-19-31(38)20-18-29/h1-20H,21-25H2,(H,40,42). The summed E-state index contributed by atoms with van der Waals surface area (Å²) in [5, 5.41) is 3.40. The number of carbonyl (C=O) groups is 1. The first kappa shape index (κ1) is 30.5. The van der Waals surface area contributed by atoms with Gasteiger partial charge >= 0.3 is 0 Å². The summed E-state index contributed by atoms with van der Waals surface area (Å²) in [7, 11) is 0. The molecule has 7 heteroatoms. The van der Waals surface area contributed by atoms with Gasteiger partial charge in [-0.15, -0.1) is 11.8 Å². The number of rotatable bonds is 12. The van der Waals surface area contributed by atoms with Crippen LogP contribution in [0.1, 0.15) is 27.0 Å². The molecule has 3 nitrogen and oxygen atoms in total. The molecular formula is C36H31ClF2N2OS. The Balaban J connectivity index is 1.18. The van der Waals surface area contributed by atoms with E-state index in [4.69, 9.17) is 11.6 Å². The number of halogens is 3. The van der Waals surface area contributed by atoms with Crippen molar-refractivity contribution in [2.75, 3.05) is 12.3 Å². The number of amides is 1. The average molecular weight is 613 g/mol. The molecule has 1 N–H and O–H groups in total. The number of carbonyl (C=O) groups excluding carboxylic acids is 1. The van der Waals surface area contributed by atoms with Gasteiger partial charge in [-0.3, -0.25) is 9.69 Å². The Morgan fingerprint density at radius 3 is 2.05 bits per heavy atom. The van der Waals surface area contributed by atoms with Crippen LogP contribution in [0, 0.1) is 11.6 Å². The van der Waals surface area contributed by atoms with Gasteiger partial charge in [-0.2, -0.15) is 0 Å². The average Bonchev–Trinajstić information content (AvgIpc) is 3.03. The lowest BCUT2D eigenvalue weighted by atomic mass is 10.0. The van der Waals surface area contributed by atoms with Gasteiger partial charge in [-0.25, -0.2) is 8.78 Å². The molecule has 0 saturated carbocycles. The van der Waals surface area contributed by atoms with Gasteiger partial charge in [0.2, 0.25) is 0 Å². The number of hydrogen-bond donors (Lipinski definition) is 1. The Bertz CT molecular complexity index is 1610. The van der Waals surface area contributed by atoms with Crippen LogP contribution in [-0.2, 0) is 19.6 Å². The number of hydrogen-bond acceptors (Lipinski definition) is 3. The van der Waals surface area contributed by atoms with Crippen molar-refractivity contribution in [3.63, 3.8) is 0 Å². The van der Waals surface area contributed by atoms with E-state index < -0.39 is 0 Å². The number of nitrogens with one attached hydrogen (secondary N) is 1. The minimum atomic E-state index is -0.301. The van der Waals surface area contributed by atoms with E-state index in [1.54, 1.807) is 48.2 Å². The lowest BCUT2D eigenvalue weighted by Gasteiger charge is -2.23. The third kappa shape index (κ3) is 8.77. The van der Waals surface area contributed by atoms with E-state index in [9.17, 15) is 13.6 Å². The highest BCUT2D eigenvalue weighted by Crippen LogP contribution is 2.24. The van der Waals surface area contributed by atoms with Gasteiger partial charge < -0.3 is 5.32 Å². The highest BCUT2D eigenvalue weighted by molar-refractivity contribution is 7.99. The smallest absolute Gasteiger partial charge is 0.251 e. The van der Waals surface area contributed by atoms with Crippen molar-refractivity contribution in [1.82, 2.24) is 10.2 Å². The molecule has 218 valence electrons.